The summed E-state index contributed by atoms with van der Waals surface area (Å²) in [6.45, 7) is 3.53. The molecule has 7 nitrogen and oxygen atoms in total. The number of hydrogen-bond acceptors (Lipinski definition) is 7. The van der Waals surface area contributed by atoms with E-state index in [-0.39, 0.29) is 18.2 Å². The van der Waals surface area contributed by atoms with Crippen LogP contribution < -0.4 is 16.4 Å². The molecule has 4 rings (SSSR count). The quantitative estimate of drug-likeness (QED) is 0.477. The molecule has 8 heteroatoms. The summed E-state index contributed by atoms with van der Waals surface area (Å²) in [6, 6.07) is 5.86. The molecule has 0 bridgehead atoms. The van der Waals surface area contributed by atoms with Crippen molar-refractivity contribution in [2.24, 2.45) is 11.7 Å². The maximum absolute atomic E-state index is 10.7. The molecule has 156 valence electrons. The monoisotopic (exact) mass is 410 g/mol. The number of rotatable bonds is 5. The van der Waals surface area contributed by atoms with Crippen molar-refractivity contribution in [2.45, 2.75) is 69.5 Å². The first kappa shape index (κ1) is 20.5. The number of benzene rings is 1. The van der Waals surface area contributed by atoms with Crippen LogP contribution in [-0.4, -0.2) is 65.2 Å². The van der Waals surface area contributed by atoms with Gasteiger partial charge in [-0.05, 0) is 36.1 Å². The van der Waals surface area contributed by atoms with Crippen LogP contribution in [-0.2, 0) is 17.6 Å². The number of hydrogen-bond donors (Lipinski definition) is 5. The second-order valence-electron chi connectivity index (χ2n) is 8.16. The van der Waals surface area contributed by atoms with Gasteiger partial charge in [0.05, 0.1) is 18.4 Å². The van der Waals surface area contributed by atoms with Gasteiger partial charge in [0.1, 0.15) is 18.4 Å². The van der Waals surface area contributed by atoms with Crippen molar-refractivity contribution in [3.8, 4) is 0 Å². The van der Waals surface area contributed by atoms with E-state index in [1.165, 1.54) is 5.56 Å². The van der Waals surface area contributed by atoms with Gasteiger partial charge in [-0.25, -0.2) is 0 Å². The van der Waals surface area contributed by atoms with Crippen LogP contribution >= 0.6 is 11.6 Å². The van der Waals surface area contributed by atoms with Gasteiger partial charge in [-0.3, -0.25) is 15.5 Å². The zero-order valence-corrected chi connectivity index (χ0v) is 17.0. The second-order valence-corrected chi connectivity index (χ2v) is 8.60. The maximum atomic E-state index is 10.7. The minimum absolute atomic E-state index is 0.0491. The lowest BCUT2D eigenvalue weighted by Gasteiger charge is -2.39. The van der Waals surface area contributed by atoms with Crippen LogP contribution in [0, 0.1) is 5.92 Å². The van der Waals surface area contributed by atoms with E-state index in [1.807, 2.05) is 18.2 Å². The highest BCUT2D eigenvalue weighted by Gasteiger charge is 2.51. The molecule has 0 radical (unpaired) electrons. The molecule has 3 heterocycles. The number of aryl methyl sites for hydroxylation is 1. The standard InChI is InChI=1S/C20H31ClN4O3/c1-2-3-11-8-13(21)5-4-12(11)9-15-16(26)17(27)20(28-15)25-7-6-14-18(22)23-10-24-19(14)25/h4-5,8,14-20,23-24,26-27H,2-3,6-7,9-10,22H2,1H3/t14?,15-,16-,17-,18?,19?,20-/m1/s1. The average Bonchev–Trinajstić information content (AvgIpc) is 3.21. The molecule has 3 saturated heterocycles. The van der Waals surface area contributed by atoms with Crippen LogP contribution in [0.3, 0.4) is 0 Å². The topological polar surface area (TPSA) is 103 Å². The Morgan fingerprint density at radius 3 is 2.86 bits per heavy atom. The van der Waals surface area contributed by atoms with Crippen molar-refractivity contribution in [3.05, 3.63) is 34.3 Å². The molecule has 3 unspecified atom stereocenters. The number of halogens is 1. The summed E-state index contributed by atoms with van der Waals surface area (Å²) >= 11 is 6.16. The fourth-order valence-corrected chi connectivity index (χ4v) is 5.08. The molecule has 3 aliphatic rings. The number of nitrogens with two attached hydrogens (primary N) is 1. The van der Waals surface area contributed by atoms with Gasteiger partial charge < -0.3 is 20.7 Å². The molecule has 6 N–H and O–H groups in total. The Morgan fingerprint density at radius 2 is 2.07 bits per heavy atom. The van der Waals surface area contributed by atoms with Crippen molar-refractivity contribution in [1.82, 2.24) is 15.5 Å². The Kier molecular flexibility index (Phi) is 6.25. The lowest BCUT2D eigenvalue weighted by Crippen LogP contribution is -2.64. The van der Waals surface area contributed by atoms with E-state index >= 15 is 0 Å². The molecule has 0 aromatic heterocycles. The first-order valence-corrected chi connectivity index (χ1v) is 10.6. The van der Waals surface area contributed by atoms with Gasteiger partial charge in [-0.1, -0.05) is 31.0 Å². The molecule has 28 heavy (non-hydrogen) atoms. The molecular weight excluding hydrogens is 380 g/mol. The maximum Gasteiger partial charge on any atom is 0.141 e. The molecule has 1 aromatic rings. The van der Waals surface area contributed by atoms with Crippen molar-refractivity contribution in [3.63, 3.8) is 0 Å². The predicted molar refractivity (Wildman–Crippen MR) is 108 cm³/mol. The number of aliphatic hydroxyl groups excluding tert-OH is 2. The largest absolute Gasteiger partial charge is 0.388 e. The zero-order valence-electron chi connectivity index (χ0n) is 16.2. The Balaban J connectivity index is 1.48. The van der Waals surface area contributed by atoms with Gasteiger partial charge >= 0.3 is 0 Å². The number of nitrogens with zero attached hydrogens (tertiary/aromatic N) is 1. The molecule has 7 atom stereocenters. The highest BCUT2D eigenvalue weighted by molar-refractivity contribution is 6.30. The summed E-state index contributed by atoms with van der Waals surface area (Å²) in [4.78, 5) is 2.12. The third-order valence-corrected chi connectivity index (χ3v) is 6.60. The summed E-state index contributed by atoms with van der Waals surface area (Å²) in [5.74, 6) is 0.258. The molecule has 0 amide bonds. The number of aliphatic hydroxyl groups is 2. The number of nitrogens with one attached hydrogen (secondary N) is 2. The van der Waals surface area contributed by atoms with E-state index in [9.17, 15) is 10.2 Å². The SMILES string of the molecule is CCCc1cc(Cl)ccc1C[C@H]1O[C@@H](N2CCC3C(N)NCNC32)[C@H](O)[C@@H]1O. The van der Waals surface area contributed by atoms with Gasteiger partial charge in [-0.2, -0.15) is 0 Å². The first-order valence-electron chi connectivity index (χ1n) is 10.3. The predicted octanol–water partition coefficient (Wildman–Crippen LogP) is 0.365. The summed E-state index contributed by atoms with van der Waals surface area (Å²) < 4.78 is 6.21. The van der Waals surface area contributed by atoms with Crippen LogP contribution in [0.5, 0.6) is 0 Å². The smallest absolute Gasteiger partial charge is 0.141 e. The Hall–Kier alpha value is -0.770. The molecular formula is C20H31ClN4O3. The third kappa shape index (κ3) is 3.82. The summed E-state index contributed by atoms with van der Waals surface area (Å²) in [5.41, 5.74) is 8.48. The van der Waals surface area contributed by atoms with Gasteiger partial charge in [0.15, 0.2) is 0 Å². The van der Waals surface area contributed by atoms with Crippen LogP contribution in [0.4, 0.5) is 0 Å². The third-order valence-electron chi connectivity index (χ3n) is 6.37. The summed E-state index contributed by atoms with van der Waals surface area (Å²) in [6.07, 6.45) is 0.548. The molecule has 0 aliphatic carbocycles. The van der Waals surface area contributed by atoms with E-state index < -0.39 is 24.5 Å². The number of fused-ring (bicyclic) bond motifs is 1. The van der Waals surface area contributed by atoms with Crippen molar-refractivity contribution in [2.75, 3.05) is 13.2 Å². The first-order chi connectivity index (χ1) is 13.5. The van der Waals surface area contributed by atoms with Crippen molar-refractivity contribution < 1.29 is 14.9 Å². The summed E-state index contributed by atoms with van der Waals surface area (Å²) in [5, 5.41) is 28.8. The molecule has 0 spiro atoms. The second kappa shape index (κ2) is 8.53. The van der Waals surface area contributed by atoms with Crippen LogP contribution in [0.2, 0.25) is 5.02 Å². The molecule has 1 aromatic carbocycles. The van der Waals surface area contributed by atoms with Crippen molar-refractivity contribution in [1.29, 1.82) is 0 Å². The lowest BCUT2D eigenvalue weighted by atomic mass is 9.96. The van der Waals surface area contributed by atoms with Gasteiger partial charge in [0, 0.05) is 30.6 Å². The van der Waals surface area contributed by atoms with Gasteiger partial charge in [0.25, 0.3) is 0 Å². The van der Waals surface area contributed by atoms with E-state index in [0.717, 1.165) is 36.4 Å². The highest BCUT2D eigenvalue weighted by Crippen LogP contribution is 2.34. The van der Waals surface area contributed by atoms with E-state index in [1.54, 1.807) is 0 Å². The Bertz CT molecular complexity index is 693. The average molecular weight is 411 g/mol. The minimum atomic E-state index is -0.946. The van der Waals surface area contributed by atoms with Gasteiger partial charge in [-0.15, -0.1) is 0 Å². The number of ether oxygens (including phenoxy) is 1. The summed E-state index contributed by atoms with van der Waals surface area (Å²) in [7, 11) is 0. The van der Waals surface area contributed by atoms with E-state index in [0.29, 0.717) is 13.1 Å². The van der Waals surface area contributed by atoms with Crippen molar-refractivity contribution >= 4 is 11.6 Å². The normalized spacial score (nSPS) is 38.7. The zero-order chi connectivity index (χ0) is 19.8. The highest BCUT2D eigenvalue weighted by atomic mass is 35.5. The fourth-order valence-electron chi connectivity index (χ4n) is 4.89. The fraction of sp³-hybridized carbons (Fsp3) is 0.700. The lowest BCUT2D eigenvalue weighted by molar-refractivity contribution is -0.106. The Morgan fingerprint density at radius 1 is 1.25 bits per heavy atom. The van der Waals surface area contributed by atoms with E-state index in [2.05, 4.69) is 22.5 Å². The molecule has 3 aliphatic heterocycles. The van der Waals surface area contributed by atoms with E-state index in [4.69, 9.17) is 22.1 Å². The molecule has 3 fully saturated rings. The van der Waals surface area contributed by atoms with Crippen LogP contribution in [0.25, 0.3) is 0 Å². The Labute approximate surface area is 171 Å². The van der Waals surface area contributed by atoms with Crippen LogP contribution in [0.15, 0.2) is 18.2 Å². The van der Waals surface area contributed by atoms with Gasteiger partial charge in [0.2, 0.25) is 0 Å². The number of likely N-dealkylation sites (tertiary alicyclic amines) is 1. The minimum Gasteiger partial charge on any atom is -0.388 e. The van der Waals surface area contributed by atoms with Crippen LogP contribution in [0.1, 0.15) is 30.9 Å². The molecule has 0 saturated carbocycles.